The van der Waals surface area contributed by atoms with E-state index in [9.17, 15) is 29.7 Å². The van der Waals surface area contributed by atoms with Gasteiger partial charge in [0, 0.05) is 78.5 Å². The van der Waals surface area contributed by atoms with Crippen molar-refractivity contribution in [3.05, 3.63) is 62.8 Å². The van der Waals surface area contributed by atoms with Crippen LogP contribution in [0.2, 0.25) is 0 Å². The Morgan fingerprint density at radius 3 is 2.20 bits per heavy atom. The Balaban J connectivity index is 1.70. The van der Waals surface area contributed by atoms with E-state index in [4.69, 9.17) is 0 Å². The van der Waals surface area contributed by atoms with Gasteiger partial charge in [-0.05, 0) is 62.1 Å². The fraction of sp³-hybridized carbons (Fsp3) is 0.559. The normalized spacial score (nSPS) is 28.3. The van der Waals surface area contributed by atoms with Crippen molar-refractivity contribution in [1.29, 1.82) is 0 Å². The summed E-state index contributed by atoms with van der Waals surface area (Å²) in [6.45, 7) is 14.4. The van der Waals surface area contributed by atoms with Crippen molar-refractivity contribution in [1.82, 2.24) is 20.6 Å². The SMILES string of the molecule is C=Cc1c2[nH]c(c1C)CC1NC(C(CC(=O)O)c3[nH]c(c(C)c3C(=O)O)CC3NC(C2)C(C)=C3CC)[C@@H](CCC(=O)O)[C@@H]1C. The van der Waals surface area contributed by atoms with Crippen molar-refractivity contribution in [3.63, 3.8) is 0 Å². The number of aromatic carboxylic acids is 1. The highest BCUT2D eigenvalue weighted by atomic mass is 16.4. The molecule has 0 radical (unpaired) electrons. The van der Waals surface area contributed by atoms with Gasteiger partial charge in [-0.1, -0.05) is 37.6 Å². The van der Waals surface area contributed by atoms with Crippen LogP contribution in [0.3, 0.4) is 0 Å². The zero-order valence-corrected chi connectivity index (χ0v) is 26.3. The summed E-state index contributed by atoms with van der Waals surface area (Å²) in [6, 6.07) is -0.396. The first-order valence-electron chi connectivity index (χ1n) is 15.8. The second kappa shape index (κ2) is 12.4. The first-order chi connectivity index (χ1) is 20.9. The molecule has 10 heteroatoms. The summed E-state index contributed by atoms with van der Waals surface area (Å²) < 4.78 is 0. The quantitative estimate of drug-likeness (QED) is 0.212. The van der Waals surface area contributed by atoms with Crippen LogP contribution in [-0.2, 0) is 28.9 Å². The Morgan fingerprint density at radius 1 is 0.909 bits per heavy atom. The summed E-state index contributed by atoms with van der Waals surface area (Å²) in [5.41, 5.74) is 8.97. The van der Waals surface area contributed by atoms with Gasteiger partial charge in [-0.3, -0.25) is 9.59 Å². The molecule has 0 aliphatic carbocycles. The molecule has 2 aromatic rings. The van der Waals surface area contributed by atoms with E-state index >= 15 is 0 Å². The van der Waals surface area contributed by atoms with E-state index in [1.807, 2.05) is 6.08 Å². The molecule has 238 valence electrons. The standard InChI is InChI=1S/C34H46N4O6/c1-7-19-15(3)23-12-25-17(5)21(9-10-29(39)40)32(37-25)22(11-30(41)42)33-31(34(43)44)18(6)26(38-33)14-28-20(8-2)16(4)24(36-28)13-27(19)35-23/h7,17,21-22,24-25,28,32,35-38H,1,8-14H2,2-6H3,(H,39,40)(H,41,42)(H,43,44)/t17-,21-,22?,24?,25?,28?,32?/m0/s1. The van der Waals surface area contributed by atoms with Gasteiger partial charge in [0.05, 0.1) is 12.0 Å². The molecule has 2 aromatic heterocycles. The van der Waals surface area contributed by atoms with Gasteiger partial charge in [0.25, 0.3) is 0 Å². The fourth-order valence-electron chi connectivity index (χ4n) is 8.45. The second-order valence-electron chi connectivity index (χ2n) is 13.1. The van der Waals surface area contributed by atoms with E-state index in [2.05, 4.69) is 54.9 Å². The lowest BCUT2D eigenvalue weighted by Crippen LogP contribution is -2.39. The van der Waals surface area contributed by atoms with Crippen LogP contribution >= 0.6 is 0 Å². The molecule has 8 bridgehead atoms. The predicted octanol–water partition coefficient (Wildman–Crippen LogP) is 4.72. The van der Waals surface area contributed by atoms with Crippen molar-refractivity contribution < 1.29 is 29.7 Å². The zero-order chi connectivity index (χ0) is 32.0. The number of carboxylic acid groups (broad SMARTS) is 3. The van der Waals surface area contributed by atoms with E-state index in [1.54, 1.807) is 6.92 Å². The molecule has 5 rings (SSSR count). The van der Waals surface area contributed by atoms with Crippen LogP contribution < -0.4 is 10.6 Å². The summed E-state index contributed by atoms with van der Waals surface area (Å²) in [7, 11) is 0. The average Bonchev–Trinajstić information content (AvgIpc) is 3.63. The largest absolute Gasteiger partial charge is 0.481 e. The molecule has 3 aliphatic rings. The number of carboxylic acids is 3. The Labute approximate surface area is 258 Å². The van der Waals surface area contributed by atoms with Crippen LogP contribution in [0.25, 0.3) is 6.08 Å². The fourth-order valence-corrected chi connectivity index (χ4v) is 8.45. The molecule has 7 atom stereocenters. The maximum absolute atomic E-state index is 12.8. The molecule has 0 saturated carbocycles. The van der Waals surface area contributed by atoms with Crippen molar-refractivity contribution in [2.75, 3.05) is 0 Å². The highest BCUT2D eigenvalue weighted by molar-refractivity contribution is 5.92. The first-order valence-corrected chi connectivity index (χ1v) is 15.8. The van der Waals surface area contributed by atoms with Gasteiger partial charge in [0.15, 0.2) is 0 Å². The molecular weight excluding hydrogens is 560 g/mol. The van der Waals surface area contributed by atoms with Crippen molar-refractivity contribution in [3.8, 4) is 0 Å². The predicted molar refractivity (Wildman–Crippen MR) is 168 cm³/mol. The van der Waals surface area contributed by atoms with Crippen molar-refractivity contribution in [2.24, 2.45) is 11.8 Å². The summed E-state index contributed by atoms with van der Waals surface area (Å²) in [5.74, 6) is -3.88. The number of aromatic amines is 2. The minimum absolute atomic E-state index is 0.00251. The third kappa shape index (κ3) is 5.65. The molecule has 5 unspecified atom stereocenters. The van der Waals surface area contributed by atoms with Crippen LogP contribution in [0.4, 0.5) is 0 Å². The van der Waals surface area contributed by atoms with Crippen molar-refractivity contribution >= 4 is 24.0 Å². The molecule has 5 heterocycles. The molecule has 0 spiro atoms. The minimum Gasteiger partial charge on any atom is -0.481 e. The monoisotopic (exact) mass is 606 g/mol. The van der Waals surface area contributed by atoms with Gasteiger partial charge in [-0.15, -0.1) is 0 Å². The number of aliphatic carboxylic acids is 2. The molecule has 0 amide bonds. The third-order valence-electron chi connectivity index (χ3n) is 10.8. The van der Waals surface area contributed by atoms with Gasteiger partial charge in [-0.2, -0.15) is 0 Å². The number of fused-ring (bicyclic) bond motifs is 8. The summed E-state index contributed by atoms with van der Waals surface area (Å²) in [6.07, 6.45) is 4.76. The first kappa shape index (κ1) is 31.8. The van der Waals surface area contributed by atoms with Gasteiger partial charge >= 0.3 is 17.9 Å². The van der Waals surface area contributed by atoms with Gasteiger partial charge < -0.3 is 35.9 Å². The number of hydrogen-bond donors (Lipinski definition) is 7. The number of rotatable bonds is 8. The van der Waals surface area contributed by atoms with Crippen molar-refractivity contribution in [2.45, 2.75) is 110 Å². The maximum atomic E-state index is 12.8. The molecular formula is C34H46N4O6. The molecule has 0 aromatic carbocycles. The molecule has 1 saturated heterocycles. The smallest absolute Gasteiger partial charge is 0.337 e. The average molecular weight is 607 g/mol. The summed E-state index contributed by atoms with van der Waals surface area (Å²) >= 11 is 0. The van der Waals surface area contributed by atoms with Crippen LogP contribution in [0, 0.1) is 25.7 Å². The number of carbonyl (C=O) groups is 3. The highest BCUT2D eigenvalue weighted by Gasteiger charge is 2.46. The molecule has 3 aliphatic heterocycles. The third-order valence-corrected chi connectivity index (χ3v) is 10.8. The summed E-state index contributed by atoms with van der Waals surface area (Å²) in [5, 5.41) is 37.7. The lowest BCUT2D eigenvalue weighted by atomic mass is 9.77. The van der Waals surface area contributed by atoms with E-state index in [0.29, 0.717) is 30.5 Å². The van der Waals surface area contributed by atoms with E-state index in [1.165, 1.54) is 11.1 Å². The maximum Gasteiger partial charge on any atom is 0.337 e. The number of hydrogen-bond acceptors (Lipinski definition) is 5. The van der Waals surface area contributed by atoms with Gasteiger partial charge in [-0.25, -0.2) is 4.79 Å². The molecule has 1 fully saturated rings. The molecule has 7 N–H and O–H groups in total. The Bertz CT molecular complexity index is 1520. The van der Waals surface area contributed by atoms with Crippen LogP contribution in [0.1, 0.15) is 102 Å². The Kier molecular flexibility index (Phi) is 8.96. The second-order valence-corrected chi connectivity index (χ2v) is 13.1. The van der Waals surface area contributed by atoms with Gasteiger partial charge in [0.2, 0.25) is 0 Å². The van der Waals surface area contributed by atoms with E-state index in [0.717, 1.165) is 41.1 Å². The lowest BCUT2D eigenvalue weighted by molar-refractivity contribution is -0.139. The van der Waals surface area contributed by atoms with E-state index < -0.39 is 29.9 Å². The van der Waals surface area contributed by atoms with Gasteiger partial charge in [0.1, 0.15) is 0 Å². The van der Waals surface area contributed by atoms with E-state index in [-0.39, 0.29) is 48.4 Å². The molecule has 10 nitrogen and oxygen atoms in total. The topological polar surface area (TPSA) is 168 Å². The number of nitrogens with one attached hydrogen (secondary N) is 4. The highest BCUT2D eigenvalue weighted by Crippen LogP contribution is 2.43. The Hall–Kier alpha value is -3.63. The molecule has 44 heavy (non-hydrogen) atoms. The van der Waals surface area contributed by atoms with Crippen LogP contribution in [-0.4, -0.2) is 67.4 Å². The number of aromatic nitrogens is 2. The summed E-state index contributed by atoms with van der Waals surface area (Å²) in [4.78, 5) is 44.0. The lowest BCUT2D eigenvalue weighted by Gasteiger charge is -2.29. The Morgan fingerprint density at radius 2 is 1.59 bits per heavy atom. The van der Waals surface area contributed by atoms with Crippen LogP contribution in [0.15, 0.2) is 17.7 Å². The zero-order valence-electron chi connectivity index (χ0n) is 26.3. The number of H-pyrrole nitrogens is 2. The minimum atomic E-state index is -1.09. The van der Waals surface area contributed by atoms with Crippen LogP contribution in [0.5, 0.6) is 0 Å².